The zero-order valence-electron chi connectivity index (χ0n) is 25.2. The molecule has 0 aromatic heterocycles. The van der Waals surface area contributed by atoms with Gasteiger partial charge in [0, 0.05) is 26.2 Å². The minimum atomic E-state index is -1.81. The molecule has 47 heavy (non-hydrogen) atoms. The van der Waals surface area contributed by atoms with Crippen LogP contribution in [0, 0.1) is 10.1 Å². The summed E-state index contributed by atoms with van der Waals surface area (Å²) in [5.74, 6) is -0.620. The number of aliphatic hydroxyl groups is 8. The van der Waals surface area contributed by atoms with Crippen molar-refractivity contribution in [1.29, 1.82) is 0 Å². The van der Waals surface area contributed by atoms with E-state index in [4.69, 9.17) is 33.2 Å². The number of ether oxygens (including phenoxy) is 7. The van der Waals surface area contributed by atoms with Crippen molar-refractivity contribution in [2.45, 2.75) is 99.0 Å². The Labute approximate surface area is 267 Å². The summed E-state index contributed by atoms with van der Waals surface area (Å²) in [6.07, 6.45) is -22.5. The highest BCUT2D eigenvalue weighted by Crippen LogP contribution is 2.31. The molecule has 3 fully saturated rings. The number of methoxy groups -OCH3 is 1. The highest BCUT2D eigenvalue weighted by atomic mass is 16.8. The Kier molecular flexibility index (Phi) is 12.8. The molecule has 3 aliphatic rings. The molecule has 266 valence electrons. The van der Waals surface area contributed by atoms with Crippen LogP contribution >= 0.6 is 0 Å². The molecule has 3 heterocycles. The lowest BCUT2D eigenvalue weighted by molar-refractivity contribution is -0.384. The summed E-state index contributed by atoms with van der Waals surface area (Å²) in [5.41, 5.74) is -0.230. The molecule has 0 radical (unpaired) electrons. The Hall–Kier alpha value is -2.67. The van der Waals surface area contributed by atoms with Gasteiger partial charge >= 0.3 is 0 Å². The van der Waals surface area contributed by atoms with Gasteiger partial charge in [-0.25, -0.2) is 0 Å². The molecule has 1 aromatic rings. The van der Waals surface area contributed by atoms with E-state index in [0.717, 1.165) is 19.1 Å². The van der Waals surface area contributed by atoms with E-state index in [9.17, 15) is 55.8 Å². The van der Waals surface area contributed by atoms with Crippen molar-refractivity contribution in [2.75, 3.05) is 26.9 Å². The SMILES string of the molecule is COC[C@H]1O[C@H](OC[C@H]2O[C@@H](Oc3ccc([N+](=O)[O-])cc3)[C@H](O)[C@@H](O)[C@@H]2O)[C@@H](O[C@@H]2O[C@H](CO)[C@@H](O)[C@H](O)[C@@H]2NC(C)=O)[C@@H](O)[C@@H]1O. The maximum Gasteiger partial charge on any atom is 0.269 e. The highest BCUT2D eigenvalue weighted by Gasteiger charge is 2.52. The lowest BCUT2D eigenvalue weighted by atomic mass is 9.95. The Morgan fingerprint density at radius 2 is 1.38 bits per heavy atom. The first kappa shape index (κ1) is 37.2. The van der Waals surface area contributed by atoms with Crippen molar-refractivity contribution in [1.82, 2.24) is 5.32 Å². The largest absolute Gasteiger partial charge is 0.462 e. The third-order valence-electron chi connectivity index (χ3n) is 7.91. The molecular weight excluding hydrogens is 640 g/mol. The fraction of sp³-hybridized carbons (Fsp3) is 0.741. The fourth-order valence-electron chi connectivity index (χ4n) is 5.35. The average molecular weight is 681 g/mol. The number of carbonyl (C=O) groups is 1. The molecule has 0 bridgehead atoms. The van der Waals surface area contributed by atoms with Crippen molar-refractivity contribution in [2.24, 2.45) is 0 Å². The van der Waals surface area contributed by atoms with Crippen LogP contribution in [0.2, 0.25) is 0 Å². The number of hydrogen-bond donors (Lipinski definition) is 9. The van der Waals surface area contributed by atoms with Crippen LogP contribution in [0.1, 0.15) is 6.92 Å². The smallest absolute Gasteiger partial charge is 0.269 e. The van der Waals surface area contributed by atoms with Crippen molar-refractivity contribution in [3.63, 3.8) is 0 Å². The normalized spacial score (nSPS) is 40.9. The molecular formula is C27H40N2O18. The molecule has 0 spiro atoms. The Balaban J connectivity index is 1.52. The van der Waals surface area contributed by atoms with Gasteiger partial charge in [-0.1, -0.05) is 0 Å². The maximum atomic E-state index is 11.9. The van der Waals surface area contributed by atoms with Gasteiger partial charge in [0.25, 0.3) is 5.69 Å². The third kappa shape index (κ3) is 8.50. The number of aliphatic hydroxyl groups excluding tert-OH is 8. The van der Waals surface area contributed by atoms with Crippen LogP contribution in [0.5, 0.6) is 5.75 Å². The van der Waals surface area contributed by atoms with Gasteiger partial charge < -0.3 is 79.3 Å². The van der Waals surface area contributed by atoms with Gasteiger partial charge in [0.15, 0.2) is 12.6 Å². The predicted molar refractivity (Wildman–Crippen MR) is 149 cm³/mol. The first-order valence-corrected chi connectivity index (χ1v) is 14.5. The lowest BCUT2D eigenvalue weighted by Gasteiger charge is -2.47. The number of benzene rings is 1. The van der Waals surface area contributed by atoms with E-state index in [0.29, 0.717) is 0 Å². The average Bonchev–Trinajstić information content (AvgIpc) is 3.04. The summed E-state index contributed by atoms with van der Waals surface area (Å²) in [6, 6.07) is 3.32. The van der Waals surface area contributed by atoms with Gasteiger partial charge in [0.1, 0.15) is 78.9 Å². The Morgan fingerprint density at radius 1 is 0.809 bits per heavy atom. The molecule has 20 nitrogen and oxygen atoms in total. The van der Waals surface area contributed by atoms with Gasteiger partial charge in [-0.3, -0.25) is 14.9 Å². The second-order valence-corrected chi connectivity index (χ2v) is 11.2. The minimum absolute atomic E-state index is 0.0289. The van der Waals surface area contributed by atoms with E-state index in [-0.39, 0.29) is 18.0 Å². The molecule has 0 saturated carbocycles. The standard InChI is InChI=1S/C27H40N2O18/c1-10(31)28-16-20(35)17(32)13(7-30)44-25(16)47-24-22(37)19(34)14(8-41-2)46-27(24)42-9-15-18(33)21(36)23(38)26(45-15)43-12-5-3-11(4-6-12)29(39)40/h3-6,13-27,30,32-38H,7-9H2,1-2H3,(H,28,31)/t13-,14-,15-,16+,17-,18-,19-,20-,21+,22+,23-,24+,25+,26-,27+/m1/s1. The van der Waals surface area contributed by atoms with E-state index in [1.807, 2.05) is 0 Å². The molecule has 0 unspecified atom stereocenters. The maximum absolute atomic E-state index is 11.9. The molecule has 1 amide bonds. The van der Waals surface area contributed by atoms with Gasteiger partial charge in [-0.2, -0.15) is 0 Å². The van der Waals surface area contributed by atoms with E-state index in [2.05, 4.69) is 5.32 Å². The lowest BCUT2D eigenvalue weighted by Crippen LogP contribution is -2.68. The zero-order valence-corrected chi connectivity index (χ0v) is 25.2. The summed E-state index contributed by atoms with van der Waals surface area (Å²) in [7, 11) is 1.31. The van der Waals surface area contributed by atoms with Crippen LogP contribution in [-0.4, -0.2) is 171 Å². The second-order valence-electron chi connectivity index (χ2n) is 11.2. The van der Waals surface area contributed by atoms with Gasteiger partial charge in [-0.15, -0.1) is 0 Å². The van der Waals surface area contributed by atoms with Crippen LogP contribution in [0.4, 0.5) is 5.69 Å². The number of rotatable bonds is 12. The summed E-state index contributed by atoms with van der Waals surface area (Å²) in [5, 5.41) is 97.3. The van der Waals surface area contributed by atoms with Gasteiger partial charge in [-0.05, 0) is 12.1 Å². The quantitative estimate of drug-likeness (QED) is 0.0739. The highest BCUT2D eigenvalue weighted by molar-refractivity contribution is 5.73. The van der Waals surface area contributed by atoms with E-state index in [1.54, 1.807) is 0 Å². The summed E-state index contributed by atoms with van der Waals surface area (Å²) in [4.78, 5) is 22.2. The number of nitro groups is 1. The van der Waals surface area contributed by atoms with Crippen LogP contribution < -0.4 is 10.1 Å². The van der Waals surface area contributed by atoms with Crippen LogP contribution in [0.25, 0.3) is 0 Å². The molecule has 3 saturated heterocycles. The second kappa shape index (κ2) is 16.2. The number of non-ortho nitro benzene ring substituents is 1. The van der Waals surface area contributed by atoms with Crippen molar-refractivity contribution in [3.8, 4) is 5.75 Å². The van der Waals surface area contributed by atoms with Gasteiger partial charge in [0.2, 0.25) is 12.2 Å². The molecule has 4 rings (SSSR count). The molecule has 0 aliphatic carbocycles. The molecule has 15 atom stereocenters. The van der Waals surface area contributed by atoms with E-state index >= 15 is 0 Å². The third-order valence-corrected chi connectivity index (χ3v) is 7.91. The molecule has 9 N–H and O–H groups in total. The number of carbonyl (C=O) groups excluding carboxylic acids is 1. The van der Waals surface area contributed by atoms with Gasteiger partial charge in [0.05, 0.1) is 24.7 Å². The predicted octanol–water partition coefficient (Wildman–Crippen LogP) is -4.78. The number of hydrogen-bond acceptors (Lipinski definition) is 18. The van der Waals surface area contributed by atoms with E-state index in [1.165, 1.54) is 19.2 Å². The van der Waals surface area contributed by atoms with Crippen LogP contribution in [-0.2, 0) is 33.2 Å². The van der Waals surface area contributed by atoms with Crippen LogP contribution in [0.3, 0.4) is 0 Å². The fourth-order valence-corrected chi connectivity index (χ4v) is 5.35. The van der Waals surface area contributed by atoms with Crippen molar-refractivity contribution < 1.29 is 83.7 Å². The molecule has 20 heteroatoms. The molecule has 1 aromatic carbocycles. The van der Waals surface area contributed by atoms with E-state index < -0.39 is 116 Å². The summed E-state index contributed by atoms with van der Waals surface area (Å²) >= 11 is 0. The monoisotopic (exact) mass is 680 g/mol. The first-order valence-electron chi connectivity index (χ1n) is 14.5. The number of nitrogens with zero attached hydrogens (tertiary/aromatic N) is 1. The summed E-state index contributed by atoms with van der Waals surface area (Å²) in [6.45, 7) is -0.479. The topological polar surface area (TPSA) is 299 Å². The Bertz CT molecular complexity index is 1180. The number of amides is 1. The Morgan fingerprint density at radius 3 is 1.98 bits per heavy atom. The van der Waals surface area contributed by atoms with Crippen molar-refractivity contribution >= 4 is 11.6 Å². The zero-order chi connectivity index (χ0) is 34.6. The minimum Gasteiger partial charge on any atom is -0.462 e. The summed E-state index contributed by atoms with van der Waals surface area (Å²) < 4.78 is 39.2. The number of nitro benzene ring substituents is 1. The van der Waals surface area contributed by atoms with Crippen molar-refractivity contribution in [3.05, 3.63) is 34.4 Å². The number of nitrogens with one attached hydrogen (secondary N) is 1. The first-order chi connectivity index (χ1) is 22.3. The molecule has 3 aliphatic heterocycles. The van der Waals surface area contributed by atoms with Crippen LogP contribution in [0.15, 0.2) is 24.3 Å².